The average Bonchev–Trinajstić information content (AvgIpc) is 2.94. The van der Waals surface area contributed by atoms with E-state index >= 15 is 0 Å². The lowest BCUT2D eigenvalue weighted by Crippen LogP contribution is -2.17. The van der Waals surface area contributed by atoms with E-state index in [-0.39, 0.29) is 17.1 Å². The molecule has 0 aliphatic heterocycles. The highest BCUT2D eigenvalue weighted by Crippen LogP contribution is 2.38. The summed E-state index contributed by atoms with van der Waals surface area (Å²) in [5.74, 6) is -0.621. The zero-order valence-corrected chi connectivity index (χ0v) is 10.6. The Morgan fingerprint density at radius 3 is 2.55 bits per heavy atom. The Morgan fingerprint density at radius 1 is 1.32 bits per heavy atom. The summed E-state index contributed by atoms with van der Waals surface area (Å²) in [4.78, 5) is 9.55. The molecule has 0 bridgehead atoms. The summed E-state index contributed by atoms with van der Waals surface area (Å²) in [5.41, 5.74) is -0.982. The molecule has 0 radical (unpaired) electrons. The van der Waals surface area contributed by atoms with Crippen LogP contribution in [-0.4, -0.2) is 16.0 Å². The van der Waals surface area contributed by atoms with Gasteiger partial charge in [0.2, 0.25) is 0 Å². The lowest BCUT2D eigenvalue weighted by Gasteiger charge is -2.08. The Labute approximate surface area is 120 Å². The van der Waals surface area contributed by atoms with Crippen molar-refractivity contribution in [1.82, 2.24) is 5.48 Å². The van der Waals surface area contributed by atoms with Gasteiger partial charge in [0.15, 0.2) is 11.6 Å². The number of nitrogens with one attached hydrogen (secondary N) is 2. The Hall–Kier alpha value is -2.88. The molecule has 22 heavy (non-hydrogen) atoms. The van der Waals surface area contributed by atoms with Crippen molar-refractivity contribution < 1.29 is 27.7 Å². The van der Waals surface area contributed by atoms with Gasteiger partial charge < -0.3 is 4.42 Å². The van der Waals surface area contributed by atoms with Gasteiger partial charge in [0.05, 0.1) is 4.92 Å². The summed E-state index contributed by atoms with van der Waals surface area (Å²) in [5, 5.41) is 26.5. The van der Waals surface area contributed by atoms with Crippen molar-refractivity contribution in [2.45, 2.75) is 6.18 Å². The molecule has 1 heterocycles. The fourth-order valence-electron chi connectivity index (χ4n) is 1.76. The van der Waals surface area contributed by atoms with Gasteiger partial charge in [0.1, 0.15) is 11.3 Å². The van der Waals surface area contributed by atoms with Crippen LogP contribution in [0.5, 0.6) is 0 Å². The highest BCUT2D eigenvalue weighted by atomic mass is 19.4. The lowest BCUT2D eigenvalue weighted by molar-refractivity contribution is -0.388. The van der Waals surface area contributed by atoms with Crippen LogP contribution < -0.4 is 5.48 Å². The zero-order chi connectivity index (χ0) is 16.5. The van der Waals surface area contributed by atoms with Crippen LogP contribution in [0.3, 0.4) is 0 Å². The van der Waals surface area contributed by atoms with Crippen molar-refractivity contribution in [2.24, 2.45) is 0 Å². The number of hydrogen-bond donors (Lipinski definition) is 3. The van der Waals surface area contributed by atoms with Gasteiger partial charge in [-0.25, -0.2) is 5.48 Å². The van der Waals surface area contributed by atoms with E-state index in [4.69, 9.17) is 15.0 Å². The summed E-state index contributed by atoms with van der Waals surface area (Å²) in [6.45, 7) is 0. The second kappa shape index (κ2) is 5.48. The van der Waals surface area contributed by atoms with E-state index < -0.39 is 28.2 Å². The number of amidine groups is 1. The molecule has 2 rings (SSSR count). The third kappa shape index (κ3) is 2.91. The van der Waals surface area contributed by atoms with Gasteiger partial charge in [0.25, 0.3) is 5.69 Å². The minimum Gasteiger partial charge on any atom is -0.453 e. The Balaban J connectivity index is 2.51. The van der Waals surface area contributed by atoms with Crippen LogP contribution in [0.4, 0.5) is 18.9 Å². The summed E-state index contributed by atoms with van der Waals surface area (Å²) in [7, 11) is 0. The van der Waals surface area contributed by atoms with Gasteiger partial charge in [-0.3, -0.25) is 20.7 Å². The molecule has 0 unspecified atom stereocenters. The standard InChI is InChI=1S/C12H8F3N3O4/c13-12(14,15)7-5-6(1-2-8(7)18(20)21)9-3-4-10(22-9)11(16)17-19/h1-5,19H,(H2,16,17). The Kier molecular flexibility index (Phi) is 3.87. The molecule has 0 aliphatic rings. The van der Waals surface area contributed by atoms with E-state index in [0.717, 1.165) is 12.1 Å². The summed E-state index contributed by atoms with van der Waals surface area (Å²) >= 11 is 0. The van der Waals surface area contributed by atoms with E-state index in [1.807, 2.05) is 0 Å². The third-order valence-electron chi connectivity index (χ3n) is 2.75. The number of alkyl halides is 3. The Morgan fingerprint density at radius 2 is 2.00 bits per heavy atom. The van der Waals surface area contributed by atoms with Crippen molar-refractivity contribution in [3.63, 3.8) is 0 Å². The molecule has 0 atom stereocenters. The number of hydrogen-bond acceptors (Lipinski definition) is 5. The van der Waals surface area contributed by atoms with Gasteiger partial charge in [-0.1, -0.05) is 0 Å². The largest absolute Gasteiger partial charge is 0.453 e. The fraction of sp³-hybridized carbons (Fsp3) is 0.0833. The number of halogens is 3. The molecule has 0 saturated heterocycles. The van der Waals surface area contributed by atoms with E-state index in [2.05, 4.69) is 0 Å². The first-order valence-electron chi connectivity index (χ1n) is 5.69. The molecule has 1 aromatic carbocycles. The fourth-order valence-corrected chi connectivity index (χ4v) is 1.76. The first-order valence-corrected chi connectivity index (χ1v) is 5.69. The maximum atomic E-state index is 12.9. The molecule has 7 nitrogen and oxygen atoms in total. The molecule has 0 amide bonds. The van der Waals surface area contributed by atoms with Crippen LogP contribution in [0.15, 0.2) is 34.7 Å². The number of hydroxylamine groups is 1. The second-order valence-corrected chi connectivity index (χ2v) is 4.14. The van der Waals surface area contributed by atoms with E-state index in [1.54, 1.807) is 0 Å². The highest BCUT2D eigenvalue weighted by Gasteiger charge is 2.38. The van der Waals surface area contributed by atoms with E-state index in [0.29, 0.717) is 6.07 Å². The minimum atomic E-state index is -4.90. The molecule has 0 fully saturated rings. The predicted molar refractivity (Wildman–Crippen MR) is 67.6 cm³/mol. The number of nitrogens with zero attached hydrogens (tertiary/aromatic N) is 1. The molecular formula is C12H8F3N3O4. The lowest BCUT2D eigenvalue weighted by atomic mass is 10.1. The van der Waals surface area contributed by atoms with Gasteiger partial charge in [-0.15, -0.1) is 0 Å². The monoisotopic (exact) mass is 315 g/mol. The zero-order valence-electron chi connectivity index (χ0n) is 10.6. The quantitative estimate of drug-likeness (QED) is 0.348. The molecule has 0 spiro atoms. The third-order valence-corrected chi connectivity index (χ3v) is 2.75. The van der Waals surface area contributed by atoms with Gasteiger partial charge in [-0.05, 0) is 24.3 Å². The maximum absolute atomic E-state index is 12.9. The molecule has 3 N–H and O–H groups in total. The van der Waals surface area contributed by atoms with Crippen LogP contribution in [0, 0.1) is 15.5 Å². The van der Waals surface area contributed by atoms with Gasteiger partial charge in [-0.2, -0.15) is 13.2 Å². The molecule has 0 aliphatic carbocycles. The Bertz CT molecular complexity index is 739. The SMILES string of the molecule is N=C(NO)c1ccc(-c2ccc([N+](=O)[O-])c(C(F)(F)F)c2)o1. The van der Waals surface area contributed by atoms with Crippen molar-refractivity contribution in [3.05, 3.63) is 51.8 Å². The number of benzene rings is 1. The smallest absolute Gasteiger partial charge is 0.423 e. The van der Waals surface area contributed by atoms with Crippen molar-refractivity contribution >= 4 is 11.5 Å². The van der Waals surface area contributed by atoms with Crippen LogP contribution in [0.25, 0.3) is 11.3 Å². The number of nitro benzene ring substituents is 1. The topological polar surface area (TPSA) is 112 Å². The molecule has 0 saturated carbocycles. The van der Waals surface area contributed by atoms with Gasteiger partial charge >= 0.3 is 6.18 Å². The molecule has 2 aromatic rings. The first kappa shape index (κ1) is 15.5. The summed E-state index contributed by atoms with van der Waals surface area (Å²) in [6, 6.07) is 4.97. The maximum Gasteiger partial charge on any atom is 0.423 e. The van der Waals surface area contributed by atoms with Crippen molar-refractivity contribution in [2.75, 3.05) is 0 Å². The van der Waals surface area contributed by atoms with Gasteiger partial charge in [0, 0.05) is 11.6 Å². The molecule has 10 heteroatoms. The predicted octanol–water partition coefficient (Wildman–Crippen LogP) is 3.18. The number of nitro groups is 1. The van der Waals surface area contributed by atoms with Crippen molar-refractivity contribution in [1.29, 1.82) is 5.41 Å². The van der Waals surface area contributed by atoms with Crippen LogP contribution in [0.2, 0.25) is 0 Å². The summed E-state index contributed by atoms with van der Waals surface area (Å²) < 4.78 is 43.7. The summed E-state index contributed by atoms with van der Waals surface area (Å²) in [6.07, 6.45) is -4.90. The second-order valence-electron chi connectivity index (χ2n) is 4.14. The first-order chi connectivity index (χ1) is 10.2. The normalized spacial score (nSPS) is 11.3. The average molecular weight is 315 g/mol. The van der Waals surface area contributed by atoms with Crippen molar-refractivity contribution in [3.8, 4) is 11.3 Å². The molecule has 116 valence electrons. The molecule has 1 aromatic heterocycles. The van der Waals surface area contributed by atoms with Crippen LogP contribution in [-0.2, 0) is 6.18 Å². The molecular weight excluding hydrogens is 307 g/mol. The number of rotatable bonds is 3. The van der Waals surface area contributed by atoms with Crippen LogP contribution >= 0.6 is 0 Å². The minimum absolute atomic E-state index is 0.0320. The highest BCUT2D eigenvalue weighted by molar-refractivity contribution is 5.93. The van der Waals surface area contributed by atoms with E-state index in [9.17, 15) is 23.3 Å². The number of furan rings is 1. The van der Waals surface area contributed by atoms with E-state index in [1.165, 1.54) is 17.6 Å². The van der Waals surface area contributed by atoms with Crippen LogP contribution in [0.1, 0.15) is 11.3 Å².